The van der Waals surface area contributed by atoms with Crippen LogP contribution in [-0.2, 0) is 10.0 Å². The Morgan fingerprint density at radius 2 is 1.83 bits per heavy atom. The van der Waals surface area contributed by atoms with Gasteiger partial charge in [0.25, 0.3) is 5.91 Å². The first-order valence-electron chi connectivity index (χ1n) is 10.00. The van der Waals surface area contributed by atoms with Crippen LogP contribution in [0.5, 0.6) is 0 Å². The van der Waals surface area contributed by atoms with Crippen LogP contribution < -0.4 is 10.0 Å². The number of sulfonamides is 1. The van der Waals surface area contributed by atoms with Gasteiger partial charge in [-0.15, -0.1) is 0 Å². The Kier molecular flexibility index (Phi) is 5.69. The maximum Gasteiger partial charge on any atom is 0.251 e. The van der Waals surface area contributed by atoms with Crippen LogP contribution in [0.3, 0.4) is 0 Å². The van der Waals surface area contributed by atoms with E-state index in [9.17, 15) is 13.2 Å². The lowest BCUT2D eigenvalue weighted by molar-refractivity contribution is 0.0933. The monoisotopic (exact) mass is 424 g/mol. The largest absolute Gasteiger partial charge is 0.342 e. The normalized spacial score (nSPS) is 15.0. The van der Waals surface area contributed by atoms with Crippen molar-refractivity contribution in [2.75, 3.05) is 0 Å². The van der Waals surface area contributed by atoms with Crippen molar-refractivity contribution < 1.29 is 13.2 Å². The molecule has 1 unspecified atom stereocenters. The maximum absolute atomic E-state index is 12.7. The molecule has 1 aliphatic carbocycles. The molecule has 1 saturated carbocycles. The fourth-order valence-electron chi connectivity index (χ4n) is 3.16. The highest BCUT2D eigenvalue weighted by Gasteiger charge is 2.28. The molecule has 0 bridgehead atoms. The fourth-order valence-corrected chi connectivity index (χ4v) is 4.46. The topological polar surface area (TPSA) is 104 Å². The van der Waals surface area contributed by atoms with Crippen LogP contribution in [0.25, 0.3) is 11.3 Å². The molecule has 0 aliphatic heterocycles. The van der Waals surface area contributed by atoms with Crippen LogP contribution in [-0.4, -0.2) is 30.3 Å². The van der Waals surface area contributed by atoms with Gasteiger partial charge in [-0.2, -0.15) is 0 Å². The number of imidazole rings is 1. The average Bonchev–Trinajstić information content (AvgIpc) is 3.43. The molecule has 0 spiro atoms. The number of nitrogens with one attached hydrogen (secondary N) is 3. The molecule has 1 aromatic heterocycles. The van der Waals surface area contributed by atoms with Crippen LogP contribution in [0.1, 0.15) is 48.4 Å². The maximum atomic E-state index is 12.7. The molecule has 1 atom stereocenters. The molecule has 2 aromatic carbocycles. The molecule has 7 nitrogen and oxygen atoms in total. The predicted octanol–water partition coefficient (Wildman–Crippen LogP) is 3.40. The summed E-state index contributed by atoms with van der Waals surface area (Å²) in [4.78, 5) is 20.6. The highest BCUT2D eigenvalue weighted by atomic mass is 32.2. The first-order valence-corrected chi connectivity index (χ1v) is 11.5. The summed E-state index contributed by atoms with van der Waals surface area (Å²) in [5.41, 5.74) is 2.30. The number of hydrogen-bond acceptors (Lipinski definition) is 4. The van der Waals surface area contributed by atoms with Crippen molar-refractivity contribution >= 4 is 15.9 Å². The van der Waals surface area contributed by atoms with Gasteiger partial charge in [-0.3, -0.25) is 4.79 Å². The minimum absolute atomic E-state index is 0.0392. The molecule has 3 N–H and O–H groups in total. The van der Waals surface area contributed by atoms with Crippen molar-refractivity contribution in [3.63, 3.8) is 0 Å². The summed E-state index contributed by atoms with van der Waals surface area (Å²) in [6, 6.07) is 15.6. The predicted molar refractivity (Wildman–Crippen MR) is 114 cm³/mol. The van der Waals surface area contributed by atoms with E-state index in [1.54, 1.807) is 6.20 Å². The van der Waals surface area contributed by atoms with Crippen molar-refractivity contribution in [3.05, 3.63) is 72.2 Å². The van der Waals surface area contributed by atoms with Gasteiger partial charge in [-0.05, 0) is 49.1 Å². The molecule has 0 radical (unpaired) electrons. The molecular formula is C22H24N4O3S. The number of aromatic amines is 1. The van der Waals surface area contributed by atoms with Crippen LogP contribution in [0, 0.1) is 0 Å². The minimum Gasteiger partial charge on any atom is -0.342 e. The summed E-state index contributed by atoms with van der Waals surface area (Å²) in [7, 11) is -3.53. The lowest BCUT2D eigenvalue weighted by Crippen LogP contribution is -2.29. The summed E-state index contributed by atoms with van der Waals surface area (Å²) >= 11 is 0. The minimum atomic E-state index is -3.53. The van der Waals surface area contributed by atoms with Crippen molar-refractivity contribution in [3.8, 4) is 11.3 Å². The van der Waals surface area contributed by atoms with E-state index in [2.05, 4.69) is 20.0 Å². The SMILES string of the molecule is CCC(NC(=O)c1ccc(S(=O)(=O)NC2CC2)cc1)c1ncc(-c2ccccc2)[nH]1. The Hall–Kier alpha value is -2.97. The summed E-state index contributed by atoms with van der Waals surface area (Å²) in [5.74, 6) is 0.399. The standard InChI is InChI=1S/C22H24N4O3S/c1-2-19(21-23-14-20(24-21)15-6-4-3-5-7-15)25-22(27)16-8-12-18(13-9-16)30(28,29)26-17-10-11-17/h3-9,12-14,17,19,26H,2,10-11H2,1H3,(H,23,24)(H,25,27). The molecule has 156 valence electrons. The number of H-pyrrole nitrogens is 1. The first kappa shape index (κ1) is 20.3. The van der Waals surface area contributed by atoms with E-state index in [4.69, 9.17) is 0 Å². The van der Waals surface area contributed by atoms with E-state index in [1.807, 2.05) is 37.3 Å². The molecule has 1 amide bonds. The second kappa shape index (κ2) is 8.41. The van der Waals surface area contributed by atoms with Gasteiger partial charge in [0.05, 0.1) is 22.8 Å². The summed E-state index contributed by atoms with van der Waals surface area (Å²) in [6.07, 6.45) is 4.16. The highest BCUT2D eigenvalue weighted by molar-refractivity contribution is 7.89. The van der Waals surface area contributed by atoms with Gasteiger partial charge in [0, 0.05) is 11.6 Å². The van der Waals surface area contributed by atoms with Gasteiger partial charge in [0.15, 0.2) is 0 Å². The lowest BCUT2D eigenvalue weighted by Gasteiger charge is -2.15. The molecule has 30 heavy (non-hydrogen) atoms. The van der Waals surface area contributed by atoms with Crippen molar-refractivity contribution in [2.45, 2.75) is 43.2 Å². The van der Waals surface area contributed by atoms with Crippen LogP contribution in [0.2, 0.25) is 0 Å². The van der Waals surface area contributed by atoms with Gasteiger partial charge in [-0.25, -0.2) is 18.1 Å². The summed E-state index contributed by atoms with van der Waals surface area (Å²) < 4.78 is 27.2. The Labute approximate surface area is 176 Å². The van der Waals surface area contributed by atoms with Crippen LogP contribution in [0.4, 0.5) is 0 Å². The Morgan fingerprint density at radius 1 is 1.13 bits per heavy atom. The molecule has 1 fully saturated rings. The van der Waals surface area contributed by atoms with Crippen molar-refractivity contribution in [2.24, 2.45) is 0 Å². The smallest absolute Gasteiger partial charge is 0.251 e. The Balaban J connectivity index is 1.45. The Bertz CT molecular complexity index is 1120. The van der Waals surface area contributed by atoms with Gasteiger partial charge in [0.2, 0.25) is 10.0 Å². The zero-order valence-corrected chi connectivity index (χ0v) is 17.4. The third-order valence-corrected chi connectivity index (χ3v) is 6.59. The molecule has 1 aliphatic rings. The van der Waals surface area contributed by atoms with Gasteiger partial charge in [0.1, 0.15) is 5.82 Å². The van der Waals surface area contributed by atoms with Gasteiger partial charge < -0.3 is 10.3 Å². The van der Waals surface area contributed by atoms with Crippen molar-refractivity contribution in [1.82, 2.24) is 20.0 Å². The zero-order valence-electron chi connectivity index (χ0n) is 16.6. The van der Waals surface area contributed by atoms with Crippen LogP contribution in [0.15, 0.2) is 65.7 Å². The van der Waals surface area contributed by atoms with E-state index in [0.717, 1.165) is 24.1 Å². The third-order valence-electron chi connectivity index (χ3n) is 5.05. The lowest BCUT2D eigenvalue weighted by atomic mass is 10.1. The fraction of sp³-hybridized carbons (Fsp3) is 0.273. The quantitative estimate of drug-likeness (QED) is 0.515. The van der Waals surface area contributed by atoms with Gasteiger partial charge >= 0.3 is 0 Å². The zero-order chi connectivity index (χ0) is 21.1. The number of rotatable bonds is 8. The van der Waals surface area contributed by atoms with E-state index in [-0.39, 0.29) is 22.9 Å². The third kappa shape index (κ3) is 4.60. The van der Waals surface area contributed by atoms with E-state index in [1.165, 1.54) is 24.3 Å². The molecule has 1 heterocycles. The summed E-state index contributed by atoms with van der Waals surface area (Å²) in [6.45, 7) is 1.97. The summed E-state index contributed by atoms with van der Waals surface area (Å²) in [5, 5.41) is 2.97. The highest BCUT2D eigenvalue weighted by Crippen LogP contribution is 2.23. The number of carbonyl (C=O) groups is 1. The number of hydrogen-bond donors (Lipinski definition) is 3. The van der Waals surface area contributed by atoms with Crippen LogP contribution >= 0.6 is 0 Å². The molecule has 8 heteroatoms. The molecular weight excluding hydrogens is 400 g/mol. The second-order valence-electron chi connectivity index (χ2n) is 7.40. The molecule has 3 aromatic rings. The molecule has 0 saturated heterocycles. The number of benzene rings is 2. The average molecular weight is 425 g/mol. The number of aromatic nitrogens is 2. The van der Waals surface area contributed by atoms with Crippen molar-refractivity contribution in [1.29, 1.82) is 0 Å². The number of amides is 1. The van der Waals surface area contributed by atoms with E-state index >= 15 is 0 Å². The second-order valence-corrected chi connectivity index (χ2v) is 9.12. The number of carbonyl (C=O) groups excluding carboxylic acids is 1. The van der Waals surface area contributed by atoms with E-state index in [0.29, 0.717) is 17.8 Å². The molecule has 4 rings (SSSR count). The van der Waals surface area contributed by atoms with Gasteiger partial charge in [-0.1, -0.05) is 37.3 Å². The Morgan fingerprint density at radius 3 is 2.47 bits per heavy atom. The number of nitrogens with zero attached hydrogens (tertiary/aromatic N) is 1. The van der Waals surface area contributed by atoms with E-state index < -0.39 is 10.0 Å². The first-order chi connectivity index (χ1) is 14.5.